The molecule has 0 fully saturated rings. The Bertz CT molecular complexity index is 794. The quantitative estimate of drug-likeness (QED) is 0.775. The highest BCUT2D eigenvalue weighted by molar-refractivity contribution is 5.65. The van der Waals surface area contributed by atoms with Crippen LogP contribution in [0.3, 0.4) is 0 Å². The van der Waals surface area contributed by atoms with Crippen molar-refractivity contribution in [1.29, 1.82) is 0 Å². The van der Waals surface area contributed by atoms with Crippen LogP contribution in [0.2, 0.25) is 0 Å². The molecule has 0 saturated carbocycles. The fourth-order valence-electron chi connectivity index (χ4n) is 1.77. The van der Waals surface area contributed by atoms with Gasteiger partial charge in [0, 0.05) is 6.20 Å². The van der Waals surface area contributed by atoms with Gasteiger partial charge in [0.05, 0.1) is 19.0 Å². The minimum Gasteiger partial charge on any atom is -0.496 e. The number of hydrogen-bond acceptors (Lipinski definition) is 6. The SMILES string of the molecule is COc1ccccc1-c1noc(-c2cnc[nH]c2=O)n1. The van der Waals surface area contributed by atoms with Crippen LogP contribution in [-0.2, 0) is 0 Å². The lowest BCUT2D eigenvalue weighted by Crippen LogP contribution is -2.08. The maximum Gasteiger partial charge on any atom is 0.265 e. The summed E-state index contributed by atoms with van der Waals surface area (Å²) in [6.07, 6.45) is 2.67. The topological polar surface area (TPSA) is 93.9 Å². The third-order valence-electron chi connectivity index (χ3n) is 2.72. The molecular weight excluding hydrogens is 260 g/mol. The van der Waals surface area contributed by atoms with Crippen LogP contribution in [0.25, 0.3) is 22.8 Å². The number of nitrogens with one attached hydrogen (secondary N) is 1. The molecule has 20 heavy (non-hydrogen) atoms. The molecule has 0 unspecified atom stereocenters. The van der Waals surface area contributed by atoms with Crippen LogP contribution >= 0.6 is 0 Å². The molecule has 7 heteroatoms. The zero-order chi connectivity index (χ0) is 13.9. The first kappa shape index (κ1) is 12.1. The van der Waals surface area contributed by atoms with Gasteiger partial charge in [-0.25, -0.2) is 4.98 Å². The molecular formula is C13H10N4O3. The molecule has 0 atom stereocenters. The minimum atomic E-state index is -0.338. The molecule has 0 saturated heterocycles. The van der Waals surface area contributed by atoms with Gasteiger partial charge < -0.3 is 14.2 Å². The Morgan fingerprint density at radius 3 is 2.90 bits per heavy atom. The number of methoxy groups -OCH3 is 1. The van der Waals surface area contributed by atoms with Crippen LogP contribution in [0.1, 0.15) is 0 Å². The average molecular weight is 270 g/mol. The van der Waals surface area contributed by atoms with E-state index in [1.54, 1.807) is 19.2 Å². The van der Waals surface area contributed by atoms with E-state index in [0.29, 0.717) is 17.1 Å². The van der Waals surface area contributed by atoms with Crippen molar-refractivity contribution in [3.63, 3.8) is 0 Å². The van der Waals surface area contributed by atoms with Crippen molar-refractivity contribution < 1.29 is 9.26 Å². The van der Waals surface area contributed by atoms with E-state index in [-0.39, 0.29) is 17.0 Å². The monoisotopic (exact) mass is 270 g/mol. The van der Waals surface area contributed by atoms with E-state index in [4.69, 9.17) is 9.26 Å². The van der Waals surface area contributed by atoms with E-state index in [9.17, 15) is 4.79 Å². The Labute approximate surface area is 113 Å². The summed E-state index contributed by atoms with van der Waals surface area (Å²) in [5, 5.41) is 3.87. The molecule has 2 heterocycles. The van der Waals surface area contributed by atoms with Gasteiger partial charge in [-0.2, -0.15) is 4.98 Å². The smallest absolute Gasteiger partial charge is 0.265 e. The third kappa shape index (κ3) is 2.05. The second kappa shape index (κ2) is 4.96. The second-order valence-corrected chi connectivity index (χ2v) is 3.92. The van der Waals surface area contributed by atoms with Gasteiger partial charge in [0.25, 0.3) is 11.4 Å². The van der Waals surface area contributed by atoms with Gasteiger partial charge in [0.15, 0.2) is 0 Å². The number of aromatic nitrogens is 4. The van der Waals surface area contributed by atoms with E-state index in [0.717, 1.165) is 0 Å². The number of aromatic amines is 1. The highest BCUT2D eigenvalue weighted by atomic mass is 16.5. The van der Waals surface area contributed by atoms with Crippen LogP contribution in [0.4, 0.5) is 0 Å². The minimum absolute atomic E-state index is 0.111. The molecule has 0 aliphatic rings. The van der Waals surface area contributed by atoms with Crippen molar-refractivity contribution in [3.05, 3.63) is 47.1 Å². The van der Waals surface area contributed by atoms with Crippen molar-refractivity contribution in [3.8, 4) is 28.6 Å². The highest BCUT2D eigenvalue weighted by Gasteiger charge is 2.15. The Morgan fingerprint density at radius 2 is 2.10 bits per heavy atom. The molecule has 3 rings (SSSR count). The van der Waals surface area contributed by atoms with Crippen LogP contribution in [0, 0.1) is 0 Å². The van der Waals surface area contributed by atoms with Gasteiger partial charge in [0.2, 0.25) is 5.82 Å². The summed E-state index contributed by atoms with van der Waals surface area (Å²) in [5.41, 5.74) is 0.571. The van der Waals surface area contributed by atoms with Crippen molar-refractivity contribution in [2.75, 3.05) is 7.11 Å². The lowest BCUT2D eigenvalue weighted by molar-refractivity contribution is 0.413. The molecule has 1 N–H and O–H groups in total. The third-order valence-corrected chi connectivity index (χ3v) is 2.72. The summed E-state index contributed by atoms with van der Waals surface area (Å²) < 4.78 is 10.3. The standard InChI is InChI=1S/C13H10N4O3/c1-19-10-5-3-2-4-8(10)11-16-13(20-17-11)9-6-14-7-15-12(9)18/h2-7H,1H3,(H,14,15,18). The molecule has 0 bridgehead atoms. The number of para-hydroxylation sites is 1. The average Bonchev–Trinajstić information content (AvgIpc) is 2.97. The van der Waals surface area contributed by atoms with E-state index in [1.165, 1.54) is 12.5 Å². The molecule has 7 nitrogen and oxygen atoms in total. The lowest BCUT2D eigenvalue weighted by atomic mass is 10.2. The molecule has 100 valence electrons. The van der Waals surface area contributed by atoms with Crippen molar-refractivity contribution in [1.82, 2.24) is 20.1 Å². The molecule has 0 radical (unpaired) electrons. The van der Waals surface area contributed by atoms with Gasteiger partial charge in [-0.05, 0) is 12.1 Å². The summed E-state index contributed by atoms with van der Waals surface area (Å²) in [5.74, 6) is 1.08. The predicted molar refractivity (Wildman–Crippen MR) is 70.1 cm³/mol. The number of H-pyrrole nitrogens is 1. The zero-order valence-electron chi connectivity index (χ0n) is 10.5. The molecule has 0 spiro atoms. The van der Waals surface area contributed by atoms with Crippen molar-refractivity contribution >= 4 is 0 Å². The first-order valence-corrected chi connectivity index (χ1v) is 5.80. The van der Waals surface area contributed by atoms with Gasteiger partial charge in [-0.1, -0.05) is 17.3 Å². The lowest BCUT2D eigenvalue weighted by Gasteiger charge is -2.02. The number of ether oxygens (including phenoxy) is 1. The van der Waals surface area contributed by atoms with Crippen LogP contribution in [0.15, 0.2) is 46.1 Å². The fourth-order valence-corrected chi connectivity index (χ4v) is 1.77. The normalized spacial score (nSPS) is 10.4. The second-order valence-electron chi connectivity index (χ2n) is 3.92. The maximum absolute atomic E-state index is 11.6. The van der Waals surface area contributed by atoms with E-state index in [2.05, 4.69) is 20.1 Å². The number of nitrogens with zero attached hydrogens (tertiary/aromatic N) is 3. The summed E-state index contributed by atoms with van der Waals surface area (Å²) in [6.45, 7) is 0. The zero-order valence-corrected chi connectivity index (χ0v) is 10.5. The Morgan fingerprint density at radius 1 is 1.25 bits per heavy atom. The van der Waals surface area contributed by atoms with E-state index < -0.39 is 0 Å². The van der Waals surface area contributed by atoms with E-state index >= 15 is 0 Å². The Balaban J connectivity index is 2.07. The first-order valence-electron chi connectivity index (χ1n) is 5.80. The molecule has 3 aromatic rings. The van der Waals surface area contributed by atoms with Crippen LogP contribution in [-0.4, -0.2) is 27.2 Å². The van der Waals surface area contributed by atoms with Crippen molar-refractivity contribution in [2.24, 2.45) is 0 Å². The summed E-state index contributed by atoms with van der Waals surface area (Å²) in [6, 6.07) is 7.28. The van der Waals surface area contributed by atoms with Gasteiger partial charge in [-0.15, -0.1) is 0 Å². The summed E-state index contributed by atoms with van der Waals surface area (Å²) in [7, 11) is 1.56. The van der Waals surface area contributed by atoms with E-state index in [1.807, 2.05) is 12.1 Å². The molecule has 0 aliphatic carbocycles. The molecule has 0 aliphatic heterocycles. The fraction of sp³-hybridized carbons (Fsp3) is 0.0769. The van der Waals surface area contributed by atoms with Gasteiger partial charge >= 0.3 is 0 Å². The number of hydrogen-bond donors (Lipinski definition) is 1. The van der Waals surface area contributed by atoms with Crippen molar-refractivity contribution in [2.45, 2.75) is 0 Å². The Kier molecular flexibility index (Phi) is 3.00. The highest BCUT2D eigenvalue weighted by Crippen LogP contribution is 2.28. The number of benzene rings is 1. The van der Waals surface area contributed by atoms with Crippen LogP contribution < -0.4 is 10.3 Å². The molecule has 2 aromatic heterocycles. The molecule has 1 aromatic carbocycles. The first-order chi connectivity index (χ1) is 9.79. The Hall–Kier alpha value is -2.96. The maximum atomic E-state index is 11.6. The largest absolute Gasteiger partial charge is 0.496 e. The number of rotatable bonds is 3. The molecule has 0 amide bonds. The van der Waals surface area contributed by atoms with Gasteiger partial charge in [-0.3, -0.25) is 4.79 Å². The predicted octanol–water partition coefficient (Wildman–Crippen LogP) is 1.50. The summed E-state index contributed by atoms with van der Waals surface area (Å²) in [4.78, 5) is 22.1. The summed E-state index contributed by atoms with van der Waals surface area (Å²) >= 11 is 0. The van der Waals surface area contributed by atoms with Gasteiger partial charge in [0.1, 0.15) is 11.3 Å². The van der Waals surface area contributed by atoms with Crippen LogP contribution in [0.5, 0.6) is 5.75 Å².